The lowest BCUT2D eigenvalue weighted by Gasteiger charge is -2.43. The van der Waals surface area contributed by atoms with Crippen LogP contribution in [0.5, 0.6) is 5.75 Å². The number of aliphatic hydroxyl groups is 1. The number of benzene rings is 2. The van der Waals surface area contributed by atoms with Crippen LogP contribution < -0.4 is 9.64 Å². The van der Waals surface area contributed by atoms with Gasteiger partial charge in [0.2, 0.25) is 0 Å². The van der Waals surface area contributed by atoms with Gasteiger partial charge in [0, 0.05) is 12.0 Å². The van der Waals surface area contributed by atoms with Crippen LogP contribution in [0.4, 0.5) is 5.69 Å². The summed E-state index contributed by atoms with van der Waals surface area (Å²) in [5, 5.41) is 11.9. The van der Waals surface area contributed by atoms with Crippen LogP contribution in [-0.4, -0.2) is 26.4 Å². The first kappa shape index (κ1) is 26.0. The first-order valence-corrected chi connectivity index (χ1v) is 14.2. The number of methoxy groups -OCH3 is 1. The van der Waals surface area contributed by atoms with Crippen LogP contribution >= 0.6 is 0 Å². The number of hydrogen-bond donors (Lipinski definition) is 1. The summed E-state index contributed by atoms with van der Waals surface area (Å²) in [5.41, 5.74) is 1.53. The third-order valence-corrected chi connectivity index (χ3v) is 13.3. The Morgan fingerprint density at radius 3 is 2.15 bits per heavy atom. The van der Waals surface area contributed by atoms with E-state index < -0.39 is 13.9 Å². The lowest BCUT2D eigenvalue weighted by molar-refractivity contribution is -0.136. The Hall–Kier alpha value is -2.57. The molecule has 1 aliphatic heterocycles. The zero-order valence-corrected chi connectivity index (χ0v) is 22.6. The minimum absolute atomic E-state index is 0.0121. The van der Waals surface area contributed by atoms with Gasteiger partial charge >= 0.3 is 0 Å². The van der Waals surface area contributed by atoms with Crippen molar-refractivity contribution in [3.63, 3.8) is 0 Å². The van der Waals surface area contributed by atoms with E-state index in [9.17, 15) is 9.90 Å². The van der Waals surface area contributed by atoms with E-state index in [-0.39, 0.29) is 12.3 Å². The molecule has 0 radical (unpaired) electrons. The number of nitrogens with zero attached hydrogens (tertiary/aromatic N) is 1. The van der Waals surface area contributed by atoms with E-state index in [2.05, 4.69) is 48.1 Å². The maximum atomic E-state index is 13.7. The molecule has 6 heteroatoms. The van der Waals surface area contributed by atoms with Gasteiger partial charge in [-0.25, -0.2) is 0 Å². The number of fused-ring (bicyclic) bond motifs is 1. The van der Waals surface area contributed by atoms with Crippen molar-refractivity contribution in [2.24, 2.45) is 0 Å². The highest BCUT2D eigenvalue weighted by atomic mass is 28.4. The SMILES string of the molecule is C=C(C[C@]1(O)C(=O)N(Cc2ccccc2)c2ccc(OC)cc21)O[Si](C(C)C)(C(C)C)C(C)C. The fourth-order valence-corrected chi connectivity index (χ4v) is 11.0. The van der Waals surface area contributed by atoms with Crippen molar-refractivity contribution < 1.29 is 19.1 Å². The predicted octanol–water partition coefficient (Wildman–Crippen LogP) is 6.53. The third-order valence-electron chi connectivity index (χ3n) is 7.20. The Balaban J connectivity index is 1.98. The van der Waals surface area contributed by atoms with Crippen LogP contribution in [0.25, 0.3) is 0 Å². The molecular weight excluding hydrogens is 442 g/mol. The van der Waals surface area contributed by atoms with Crippen molar-refractivity contribution in [2.45, 2.75) is 76.7 Å². The molecule has 0 saturated heterocycles. The van der Waals surface area contributed by atoms with E-state index >= 15 is 0 Å². The Bertz CT molecular complexity index is 1010. The van der Waals surface area contributed by atoms with Crippen molar-refractivity contribution >= 4 is 19.9 Å². The van der Waals surface area contributed by atoms with Crippen LogP contribution in [-0.2, 0) is 21.4 Å². The van der Waals surface area contributed by atoms with Gasteiger partial charge in [0.1, 0.15) is 5.75 Å². The van der Waals surface area contributed by atoms with Crippen LogP contribution in [0.3, 0.4) is 0 Å². The second kappa shape index (κ2) is 9.96. The Kier molecular flexibility index (Phi) is 7.63. The molecule has 34 heavy (non-hydrogen) atoms. The van der Waals surface area contributed by atoms with Crippen molar-refractivity contribution in [3.05, 3.63) is 72.0 Å². The van der Waals surface area contributed by atoms with Crippen LogP contribution in [0.15, 0.2) is 60.9 Å². The first-order valence-electron chi connectivity index (χ1n) is 12.1. The summed E-state index contributed by atoms with van der Waals surface area (Å²) in [6.07, 6.45) is 0.0121. The van der Waals surface area contributed by atoms with Gasteiger partial charge in [-0.2, -0.15) is 0 Å². The van der Waals surface area contributed by atoms with Gasteiger partial charge in [-0.1, -0.05) is 78.5 Å². The molecular formula is C28H39NO4Si. The molecule has 0 bridgehead atoms. The minimum atomic E-state index is -2.27. The molecule has 2 aromatic rings. The highest BCUT2D eigenvalue weighted by Crippen LogP contribution is 2.48. The maximum Gasteiger partial charge on any atom is 0.264 e. The molecule has 0 spiro atoms. The summed E-state index contributed by atoms with van der Waals surface area (Å²) < 4.78 is 12.1. The zero-order valence-electron chi connectivity index (χ0n) is 21.6. The highest BCUT2D eigenvalue weighted by Gasteiger charge is 2.52. The number of hydrogen-bond acceptors (Lipinski definition) is 4. The molecule has 184 valence electrons. The molecule has 0 unspecified atom stereocenters. The van der Waals surface area contributed by atoms with Crippen LogP contribution in [0.2, 0.25) is 16.6 Å². The third kappa shape index (κ3) is 4.53. The second-order valence-electron chi connectivity index (χ2n) is 10.3. The van der Waals surface area contributed by atoms with E-state index in [1.165, 1.54) is 0 Å². The molecule has 1 heterocycles. The Morgan fingerprint density at radius 2 is 1.62 bits per heavy atom. The van der Waals surface area contributed by atoms with Crippen molar-refractivity contribution in [3.8, 4) is 5.75 Å². The quantitative estimate of drug-likeness (QED) is 0.310. The largest absolute Gasteiger partial charge is 0.546 e. The molecule has 0 fully saturated rings. The van der Waals surface area contributed by atoms with Crippen molar-refractivity contribution in [1.29, 1.82) is 0 Å². The molecule has 1 N–H and O–H groups in total. The Morgan fingerprint density at radius 1 is 1.03 bits per heavy atom. The molecule has 1 atom stereocenters. The van der Waals surface area contributed by atoms with Crippen LogP contribution in [0, 0.1) is 0 Å². The van der Waals surface area contributed by atoms with Gasteiger partial charge in [0.05, 0.1) is 25.1 Å². The van der Waals surface area contributed by atoms with Gasteiger partial charge in [-0.3, -0.25) is 4.79 Å². The minimum Gasteiger partial charge on any atom is -0.546 e. The molecule has 0 aliphatic carbocycles. The Labute approximate surface area is 205 Å². The molecule has 0 saturated carbocycles. The molecule has 2 aromatic carbocycles. The van der Waals surface area contributed by atoms with E-state index in [4.69, 9.17) is 9.16 Å². The molecule has 1 aliphatic rings. The zero-order chi connectivity index (χ0) is 25.3. The van der Waals surface area contributed by atoms with E-state index in [1.807, 2.05) is 42.5 Å². The van der Waals surface area contributed by atoms with Gasteiger partial charge in [0.25, 0.3) is 14.2 Å². The number of carbonyl (C=O) groups excluding carboxylic acids is 1. The first-order chi connectivity index (χ1) is 16.0. The number of amides is 1. The summed E-state index contributed by atoms with van der Waals surface area (Å²) in [6, 6.07) is 15.2. The maximum absolute atomic E-state index is 13.7. The van der Waals surface area contributed by atoms with Gasteiger partial charge in [-0.15, -0.1) is 0 Å². The molecule has 5 nitrogen and oxygen atoms in total. The molecule has 0 aromatic heterocycles. The van der Waals surface area contributed by atoms with E-state index in [1.54, 1.807) is 18.1 Å². The summed E-state index contributed by atoms with van der Waals surface area (Å²) in [7, 11) is -0.687. The monoisotopic (exact) mass is 481 g/mol. The second-order valence-corrected chi connectivity index (χ2v) is 15.6. The summed E-state index contributed by atoms with van der Waals surface area (Å²) in [5.74, 6) is 0.692. The van der Waals surface area contributed by atoms with Crippen molar-refractivity contribution in [2.75, 3.05) is 12.0 Å². The smallest absolute Gasteiger partial charge is 0.264 e. The van der Waals surface area contributed by atoms with Crippen molar-refractivity contribution in [1.82, 2.24) is 0 Å². The average molecular weight is 482 g/mol. The van der Waals surface area contributed by atoms with Gasteiger partial charge < -0.3 is 19.2 Å². The summed E-state index contributed by atoms with van der Waals surface area (Å²) >= 11 is 0. The number of carbonyl (C=O) groups is 1. The topological polar surface area (TPSA) is 59.0 Å². The normalized spacial score (nSPS) is 18.1. The fourth-order valence-electron chi connectivity index (χ4n) is 5.68. The van der Waals surface area contributed by atoms with E-state index in [0.29, 0.717) is 45.9 Å². The van der Waals surface area contributed by atoms with Crippen LogP contribution in [0.1, 0.15) is 59.1 Å². The predicted molar refractivity (Wildman–Crippen MR) is 140 cm³/mol. The number of anilines is 1. The standard InChI is InChI=1S/C28H39NO4Si/c1-19(2)34(20(3)4,21(5)6)33-22(7)17-28(31)25-16-24(32-8)14-15-26(25)29(27(28)30)18-23-12-10-9-11-13-23/h9-16,19-21,31H,7,17-18H2,1-6,8H3/t28-/m1/s1. The highest BCUT2D eigenvalue weighted by molar-refractivity contribution is 6.77. The molecule has 1 amide bonds. The van der Waals surface area contributed by atoms with Gasteiger partial charge in [0.15, 0.2) is 5.60 Å². The number of rotatable bonds is 10. The van der Waals surface area contributed by atoms with Gasteiger partial charge in [-0.05, 0) is 40.4 Å². The number of ether oxygens (including phenoxy) is 1. The average Bonchev–Trinajstić information content (AvgIpc) is 2.98. The van der Waals surface area contributed by atoms with E-state index in [0.717, 1.165) is 5.56 Å². The fraction of sp³-hybridized carbons (Fsp3) is 0.464. The molecule has 3 rings (SSSR count). The lowest BCUT2D eigenvalue weighted by Crippen LogP contribution is -2.48. The summed E-state index contributed by atoms with van der Waals surface area (Å²) in [4.78, 5) is 15.4. The lowest BCUT2D eigenvalue weighted by atomic mass is 9.91. The summed E-state index contributed by atoms with van der Waals surface area (Å²) in [6.45, 7) is 17.8.